The Kier molecular flexibility index (Phi) is 3.59. The zero-order chi connectivity index (χ0) is 10.7. The van der Waals surface area contributed by atoms with E-state index in [2.05, 4.69) is 0 Å². The lowest BCUT2D eigenvalue weighted by Crippen LogP contribution is -2.57. The van der Waals surface area contributed by atoms with Crippen LogP contribution in [0.4, 0.5) is 0 Å². The Hall–Kier alpha value is -0.610. The van der Waals surface area contributed by atoms with Gasteiger partial charge in [-0.15, -0.1) is 0 Å². The molecule has 0 radical (unpaired) electrons. The molecule has 0 spiro atoms. The second-order valence-electron chi connectivity index (χ2n) is 4.59. The molecule has 0 saturated carbocycles. The van der Waals surface area contributed by atoms with Crippen molar-refractivity contribution in [1.29, 1.82) is 0 Å². The van der Waals surface area contributed by atoms with E-state index in [1.54, 1.807) is 0 Å². The Labute approximate surface area is 90.8 Å². The van der Waals surface area contributed by atoms with E-state index in [9.17, 15) is 4.79 Å². The number of carbonyl (C=O) groups excluding carboxylic acids is 1. The van der Waals surface area contributed by atoms with Gasteiger partial charge in [0.15, 0.2) is 0 Å². The molecule has 0 aromatic carbocycles. The summed E-state index contributed by atoms with van der Waals surface area (Å²) >= 11 is 0. The van der Waals surface area contributed by atoms with Gasteiger partial charge in [0, 0.05) is 32.2 Å². The van der Waals surface area contributed by atoms with Gasteiger partial charge in [-0.3, -0.25) is 4.79 Å². The van der Waals surface area contributed by atoms with Gasteiger partial charge in [-0.1, -0.05) is 0 Å². The van der Waals surface area contributed by atoms with Crippen LogP contribution < -0.4 is 5.73 Å². The van der Waals surface area contributed by atoms with Crippen LogP contribution in [0.3, 0.4) is 0 Å². The average Bonchev–Trinajstić information content (AvgIpc) is 2.23. The summed E-state index contributed by atoms with van der Waals surface area (Å²) in [6, 6.07) is 0.208. The molecular formula is C11H20N2O2. The lowest BCUT2D eigenvalue weighted by Gasteiger charge is -2.37. The van der Waals surface area contributed by atoms with E-state index in [4.69, 9.17) is 10.5 Å². The summed E-state index contributed by atoms with van der Waals surface area (Å²) in [6.45, 7) is 2.35. The minimum Gasteiger partial charge on any atom is -0.378 e. The molecule has 1 unspecified atom stereocenters. The van der Waals surface area contributed by atoms with E-state index in [1.807, 2.05) is 4.90 Å². The molecule has 0 aromatic rings. The molecule has 0 aromatic heterocycles. The molecule has 4 heteroatoms. The Morgan fingerprint density at radius 2 is 2.20 bits per heavy atom. The average molecular weight is 212 g/mol. The molecule has 2 N–H and O–H groups in total. The van der Waals surface area contributed by atoms with E-state index in [1.165, 1.54) is 12.8 Å². The highest BCUT2D eigenvalue weighted by Gasteiger charge is 2.27. The highest BCUT2D eigenvalue weighted by Crippen LogP contribution is 2.18. The molecule has 0 bridgehead atoms. The predicted molar refractivity (Wildman–Crippen MR) is 57.4 cm³/mol. The number of nitrogens with two attached hydrogens (primary N) is 1. The van der Waals surface area contributed by atoms with Crippen molar-refractivity contribution >= 4 is 5.91 Å². The molecule has 15 heavy (non-hydrogen) atoms. The Morgan fingerprint density at radius 1 is 1.40 bits per heavy atom. The van der Waals surface area contributed by atoms with Crippen molar-refractivity contribution in [3.05, 3.63) is 0 Å². The van der Waals surface area contributed by atoms with Crippen LogP contribution in [-0.2, 0) is 9.53 Å². The number of ether oxygens (including phenoxy) is 1. The third-order valence-electron chi connectivity index (χ3n) is 3.22. The van der Waals surface area contributed by atoms with E-state index in [0.29, 0.717) is 12.5 Å². The van der Waals surface area contributed by atoms with Crippen LogP contribution in [0, 0.1) is 0 Å². The largest absolute Gasteiger partial charge is 0.378 e. The van der Waals surface area contributed by atoms with Crippen molar-refractivity contribution in [2.24, 2.45) is 5.73 Å². The fourth-order valence-electron chi connectivity index (χ4n) is 2.19. The molecule has 2 aliphatic rings. The summed E-state index contributed by atoms with van der Waals surface area (Å²) in [5.74, 6) is 0.242. The normalized spacial score (nSPS) is 27.5. The molecule has 2 fully saturated rings. The van der Waals surface area contributed by atoms with Crippen LogP contribution in [0.15, 0.2) is 0 Å². The van der Waals surface area contributed by atoms with Crippen molar-refractivity contribution in [1.82, 2.24) is 4.90 Å². The number of hydrogen-bond donors (Lipinski definition) is 1. The monoisotopic (exact) mass is 212 g/mol. The zero-order valence-corrected chi connectivity index (χ0v) is 9.15. The minimum absolute atomic E-state index is 0.208. The topological polar surface area (TPSA) is 55.6 Å². The molecule has 86 valence electrons. The summed E-state index contributed by atoms with van der Waals surface area (Å²) in [4.78, 5) is 13.5. The van der Waals surface area contributed by atoms with E-state index in [0.717, 1.165) is 32.5 Å². The number of hydrogen-bond acceptors (Lipinski definition) is 3. The first-order chi connectivity index (χ1) is 7.25. The van der Waals surface area contributed by atoms with Gasteiger partial charge in [0.25, 0.3) is 0 Å². The summed E-state index contributed by atoms with van der Waals surface area (Å²) in [5.41, 5.74) is 5.63. The van der Waals surface area contributed by atoms with Crippen molar-refractivity contribution < 1.29 is 9.53 Å². The smallest absolute Gasteiger partial charge is 0.222 e. The van der Waals surface area contributed by atoms with Crippen molar-refractivity contribution in [3.63, 3.8) is 0 Å². The fourth-order valence-corrected chi connectivity index (χ4v) is 2.19. The predicted octanol–water partition coefficient (Wildman–Crippen LogP) is 0.505. The number of carbonyl (C=O) groups is 1. The van der Waals surface area contributed by atoms with Crippen molar-refractivity contribution in [2.75, 3.05) is 19.7 Å². The second kappa shape index (κ2) is 4.94. The van der Waals surface area contributed by atoms with E-state index in [-0.39, 0.29) is 11.9 Å². The minimum atomic E-state index is 0.208. The van der Waals surface area contributed by atoms with Crippen molar-refractivity contribution in [2.45, 2.75) is 44.2 Å². The lowest BCUT2D eigenvalue weighted by molar-refractivity contribution is -0.136. The first kappa shape index (κ1) is 10.9. The molecule has 4 nitrogen and oxygen atoms in total. The lowest BCUT2D eigenvalue weighted by atomic mass is 10.0. The maximum absolute atomic E-state index is 11.6. The van der Waals surface area contributed by atoms with Crippen LogP contribution >= 0.6 is 0 Å². The number of likely N-dealkylation sites (tertiary alicyclic amines) is 1. The van der Waals surface area contributed by atoms with Crippen LogP contribution in [0.25, 0.3) is 0 Å². The van der Waals surface area contributed by atoms with Gasteiger partial charge >= 0.3 is 0 Å². The first-order valence-corrected chi connectivity index (χ1v) is 5.90. The van der Waals surface area contributed by atoms with Gasteiger partial charge in [0.2, 0.25) is 5.91 Å². The standard InChI is InChI=1S/C11H20N2O2/c12-9-7-13(8-9)11(14)5-4-10-3-1-2-6-15-10/h9-10H,1-8,12H2. The molecule has 2 aliphatic heterocycles. The third kappa shape index (κ3) is 2.92. The van der Waals surface area contributed by atoms with Gasteiger partial charge < -0.3 is 15.4 Å². The quantitative estimate of drug-likeness (QED) is 0.741. The Morgan fingerprint density at radius 3 is 2.80 bits per heavy atom. The summed E-state index contributed by atoms with van der Waals surface area (Å²) in [6.07, 6.45) is 5.35. The summed E-state index contributed by atoms with van der Waals surface area (Å²) in [5, 5.41) is 0. The molecule has 1 amide bonds. The van der Waals surface area contributed by atoms with Gasteiger partial charge in [-0.05, 0) is 25.7 Å². The maximum Gasteiger partial charge on any atom is 0.222 e. The SMILES string of the molecule is NC1CN(C(=O)CCC2CCCCO2)C1. The fraction of sp³-hybridized carbons (Fsp3) is 0.909. The zero-order valence-electron chi connectivity index (χ0n) is 9.15. The third-order valence-corrected chi connectivity index (χ3v) is 3.22. The number of amides is 1. The van der Waals surface area contributed by atoms with Gasteiger partial charge in [-0.25, -0.2) is 0 Å². The van der Waals surface area contributed by atoms with E-state index >= 15 is 0 Å². The van der Waals surface area contributed by atoms with Crippen LogP contribution in [0.5, 0.6) is 0 Å². The second-order valence-corrected chi connectivity index (χ2v) is 4.59. The molecule has 0 aliphatic carbocycles. The maximum atomic E-state index is 11.6. The molecular weight excluding hydrogens is 192 g/mol. The highest BCUT2D eigenvalue weighted by atomic mass is 16.5. The molecule has 1 atom stereocenters. The van der Waals surface area contributed by atoms with Gasteiger partial charge in [0.1, 0.15) is 0 Å². The number of nitrogens with zero attached hydrogens (tertiary/aromatic N) is 1. The highest BCUT2D eigenvalue weighted by molar-refractivity contribution is 5.77. The summed E-state index contributed by atoms with van der Waals surface area (Å²) < 4.78 is 5.59. The van der Waals surface area contributed by atoms with Crippen LogP contribution in [0.1, 0.15) is 32.1 Å². The van der Waals surface area contributed by atoms with Gasteiger partial charge in [0.05, 0.1) is 6.10 Å². The van der Waals surface area contributed by atoms with Crippen LogP contribution in [0.2, 0.25) is 0 Å². The first-order valence-electron chi connectivity index (χ1n) is 5.90. The van der Waals surface area contributed by atoms with Gasteiger partial charge in [-0.2, -0.15) is 0 Å². The van der Waals surface area contributed by atoms with Crippen molar-refractivity contribution in [3.8, 4) is 0 Å². The summed E-state index contributed by atoms with van der Waals surface area (Å²) in [7, 11) is 0. The Bertz CT molecular complexity index is 221. The molecule has 2 heterocycles. The van der Waals surface area contributed by atoms with E-state index < -0.39 is 0 Å². The molecule has 2 saturated heterocycles. The van der Waals surface area contributed by atoms with Crippen LogP contribution in [-0.4, -0.2) is 42.6 Å². The number of rotatable bonds is 3. The Balaban J connectivity index is 1.62. The molecule has 2 rings (SSSR count).